The van der Waals surface area contributed by atoms with Crippen LogP contribution in [0, 0.1) is 0 Å². The molecule has 0 aromatic heterocycles. The van der Waals surface area contributed by atoms with Gasteiger partial charge in [0.2, 0.25) is 5.91 Å². The molecule has 1 aromatic carbocycles. The second-order valence-corrected chi connectivity index (χ2v) is 3.54. The molecule has 1 aromatic rings. The summed E-state index contributed by atoms with van der Waals surface area (Å²) in [7, 11) is 0. The fourth-order valence-electron chi connectivity index (χ4n) is 0.979. The van der Waals surface area contributed by atoms with Gasteiger partial charge >= 0.3 is 6.36 Å². The Morgan fingerprint density at radius 2 is 1.94 bits per heavy atom. The van der Waals surface area contributed by atoms with Crippen LogP contribution in [0.2, 0.25) is 0 Å². The average Bonchev–Trinajstić information content (AvgIpc) is 2.10. The quantitative estimate of drug-likeness (QED) is 0.820. The Labute approximate surface area is 96.5 Å². The summed E-state index contributed by atoms with van der Waals surface area (Å²) in [6, 6.07) is 2.01. The number of nitrogens with two attached hydrogens (primary N) is 2. The number of carbonyl (C=O) groups is 1. The first-order chi connectivity index (χ1) is 7.22. The highest BCUT2D eigenvalue weighted by Gasteiger charge is 2.32. The normalized spacial score (nSPS) is 11.2. The lowest BCUT2D eigenvalue weighted by atomic mass is 10.2. The van der Waals surface area contributed by atoms with Gasteiger partial charge in [-0.1, -0.05) is 0 Å². The second kappa shape index (κ2) is 4.20. The largest absolute Gasteiger partial charge is 0.573 e. The van der Waals surface area contributed by atoms with Gasteiger partial charge in [0.15, 0.2) is 5.75 Å². The van der Waals surface area contributed by atoms with E-state index in [2.05, 4.69) is 20.7 Å². The summed E-state index contributed by atoms with van der Waals surface area (Å²) in [5, 5.41) is 0. The van der Waals surface area contributed by atoms with Crippen molar-refractivity contribution in [1.82, 2.24) is 0 Å². The molecule has 0 atom stereocenters. The third kappa shape index (κ3) is 2.78. The molecule has 4 nitrogen and oxygen atoms in total. The zero-order valence-electron chi connectivity index (χ0n) is 7.64. The number of alkyl halides is 3. The lowest BCUT2D eigenvalue weighted by molar-refractivity contribution is -0.274. The third-order valence-corrected chi connectivity index (χ3v) is 2.49. The molecule has 0 spiro atoms. The molecule has 88 valence electrons. The summed E-state index contributed by atoms with van der Waals surface area (Å²) in [5.74, 6) is -1.40. The zero-order chi connectivity index (χ0) is 12.5. The number of halogens is 4. The molecule has 8 heteroatoms. The zero-order valence-corrected chi connectivity index (χ0v) is 9.22. The number of benzene rings is 1. The van der Waals surface area contributed by atoms with Crippen molar-refractivity contribution in [3.63, 3.8) is 0 Å². The number of nitrogen functional groups attached to an aromatic ring is 1. The minimum absolute atomic E-state index is 0.0213. The van der Waals surface area contributed by atoms with E-state index in [1.54, 1.807) is 0 Å². The van der Waals surface area contributed by atoms with Crippen molar-refractivity contribution < 1.29 is 22.7 Å². The Morgan fingerprint density at radius 3 is 2.38 bits per heavy atom. The van der Waals surface area contributed by atoms with Crippen molar-refractivity contribution in [3.8, 4) is 5.75 Å². The molecule has 0 saturated heterocycles. The van der Waals surface area contributed by atoms with Crippen molar-refractivity contribution in [2.45, 2.75) is 6.36 Å². The maximum absolute atomic E-state index is 11.9. The van der Waals surface area contributed by atoms with Crippen LogP contribution in [0.25, 0.3) is 0 Å². The van der Waals surface area contributed by atoms with Gasteiger partial charge in [0.05, 0.1) is 15.7 Å². The molecule has 0 aliphatic heterocycles. The van der Waals surface area contributed by atoms with Crippen molar-refractivity contribution in [2.75, 3.05) is 5.73 Å². The number of carbonyl (C=O) groups excluding carboxylic acids is 1. The van der Waals surface area contributed by atoms with E-state index in [9.17, 15) is 18.0 Å². The predicted octanol–water partition coefficient (Wildman–Crippen LogP) is 2.03. The molecule has 0 radical (unpaired) electrons. The van der Waals surface area contributed by atoms with Crippen LogP contribution >= 0.6 is 15.9 Å². The standard InChI is InChI=1S/C8H6BrF3N2O2/c9-5-3(7(14)15)1-2-4(6(5)13)16-8(10,11)12/h1-2H,13H2,(H2,14,15). The number of hydrogen-bond acceptors (Lipinski definition) is 3. The van der Waals surface area contributed by atoms with E-state index in [0.29, 0.717) is 0 Å². The Bertz CT molecular complexity index is 434. The molecule has 0 heterocycles. The van der Waals surface area contributed by atoms with Crippen LogP contribution in [0.4, 0.5) is 18.9 Å². The first kappa shape index (κ1) is 12.6. The SMILES string of the molecule is NC(=O)c1ccc(OC(F)(F)F)c(N)c1Br. The van der Waals surface area contributed by atoms with Gasteiger partial charge in [0, 0.05) is 0 Å². The maximum atomic E-state index is 11.9. The Morgan fingerprint density at radius 1 is 1.38 bits per heavy atom. The molecule has 0 aliphatic rings. The monoisotopic (exact) mass is 298 g/mol. The van der Waals surface area contributed by atoms with Crippen LogP contribution in [0.15, 0.2) is 16.6 Å². The number of amides is 1. The first-order valence-corrected chi connectivity index (χ1v) is 4.65. The average molecular weight is 299 g/mol. The number of ether oxygens (including phenoxy) is 1. The topological polar surface area (TPSA) is 78.3 Å². The lowest BCUT2D eigenvalue weighted by Gasteiger charge is -2.13. The molecule has 0 unspecified atom stereocenters. The Balaban J connectivity index is 3.17. The van der Waals surface area contributed by atoms with E-state index >= 15 is 0 Å². The van der Waals surface area contributed by atoms with Crippen LogP contribution in [0.1, 0.15) is 10.4 Å². The van der Waals surface area contributed by atoms with Crippen LogP contribution in [0.5, 0.6) is 5.75 Å². The first-order valence-electron chi connectivity index (χ1n) is 3.86. The molecular formula is C8H6BrF3N2O2. The third-order valence-electron chi connectivity index (χ3n) is 1.63. The summed E-state index contributed by atoms with van der Waals surface area (Å²) >= 11 is 2.87. The van der Waals surface area contributed by atoms with Crippen LogP contribution in [0.3, 0.4) is 0 Å². The van der Waals surface area contributed by atoms with Crippen LogP contribution in [-0.4, -0.2) is 12.3 Å². The second-order valence-electron chi connectivity index (χ2n) is 2.75. The molecule has 0 fully saturated rings. The van der Waals surface area contributed by atoms with E-state index < -0.39 is 18.0 Å². The van der Waals surface area contributed by atoms with Gasteiger partial charge < -0.3 is 16.2 Å². The van der Waals surface area contributed by atoms with E-state index in [1.165, 1.54) is 0 Å². The van der Waals surface area contributed by atoms with Crippen molar-refractivity contribution in [1.29, 1.82) is 0 Å². The van der Waals surface area contributed by atoms with Gasteiger partial charge in [0.1, 0.15) is 0 Å². The molecule has 1 rings (SSSR count). The van der Waals surface area contributed by atoms with E-state index in [0.717, 1.165) is 12.1 Å². The Kier molecular flexibility index (Phi) is 3.32. The van der Waals surface area contributed by atoms with Crippen molar-refractivity contribution >= 4 is 27.5 Å². The lowest BCUT2D eigenvalue weighted by Crippen LogP contribution is -2.19. The molecule has 0 saturated carbocycles. The fraction of sp³-hybridized carbons (Fsp3) is 0.125. The van der Waals surface area contributed by atoms with E-state index in [-0.39, 0.29) is 15.7 Å². The molecule has 0 bridgehead atoms. The number of rotatable bonds is 2. The van der Waals surface area contributed by atoms with Crippen molar-refractivity contribution in [3.05, 3.63) is 22.2 Å². The van der Waals surface area contributed by atoms with Gasteiger partial charge in [-0.3, -0.25) is 4.79 Å². The predicted molar refractivity (Wildman–Crippen MR) is 53.8 cm³/mol. The highest BCUT2D eigenvalue weighted by atomic mass is 79.9. The minimum Gasteiger partial charge on any atom is -0.404 e. The van der Waals surface area contributed by atoms with Crippen LogP contribution < -0.4 is 16.2 Å². The summed E-state index contributed by atoms with van der Waals surface area (Å²) < 4.78 is 39.4. The fourth-order valence-corrected chi connectivity index (χ4v) is 1.50. The van der Waals surface area contributed by atoms with E-state index in [1.807, 2.05) is 0 Å². The summed E-state index contributed by atoms with van der Waals surface area (Å²) in [4.78, 5) is 10.8. The summed E-state index contributed by atoms with van der Waals surface area (Å²) in [5.41, 5.74) is 9.96. The molecule has 1 amide bonds. The van der Waals surface area contributed by atoms with E-state index in [4.69, 9.17) is 11.5 Å². The smallest absolute Gasteiger partial charge is 0.404 e. The maximum Gasteiger partial charge on any atom is 0.573 e. The minimum atomic E-state index is -4.85. The highest BCUT2D eigenvalue weighted by molar-refractivity contribution is 9.10. The van der Waals surface area contributed by atoms with Gasteiger partial charge in [-0.15, -0.1) is 13.2 Å². The molecular weight excluding hydrogens is 293 g/mol. The molecule has 16 heavy (non-hydrogen) atoms. The number of hydrogen-bond donors (Lipinski definition) is 2. The summed E-state index contributed by atoms with van der Waals surface area (Å²) in [6.07, 6.45) is -4.85. The summed E-state index contributed by atoms with van der Waals surface area (Å²) in [6.45, 7) is 0. The van der Waals surface area contributed by atoms with Gasteiger partial charge in [-0.25, -0.2) is 0 Å². The Hall–Kier alpha value is -1.44. The van der Waals surface area contributed by atoms with Crippen molar-refractivity contribution in [2.24, 2.45) is 5.73 Å². The van der Waals surface area contributed by atoms with Crippen LogP contribution in [-0.2, 0) is 0 Å². The van der Waals surface area contributed by atoms with Gasteiger partial charge in [-0.2, -0.15) is 0 Å². The van der Waals surface area contributed by atoms with Gasteiger partial charge in [-0.05, 0) is 28.1 Å². The molecule has 0 aliphatic carbocycles. The van der Waals surface area contributed by atoms with Gasteiger partial charge in [0.25, 0.3) is 0 Å². The number of anilines is 1. The molecule has 4 N–H and O–H groups in total. The number of primary amides is 1. The highest BCUT2D eigenvalue weighted by Crippen LogP contribution is 2.35.